The SMILES string of the molecule is Cc1nn(C)cc1Cn1c(CCl)nc2cc(F)ccc21. The van der Waals surface area contributed by atoms with Crippen molar-refractivity contribution in [2.24, 2.45) is 7.05 Å². The Morgan fingerprint density at radius 1 is 1.35 bits per heavy atom. The van der Waals surface area contributed by atoms with E-state index in [9.17, 15) is 4.39 Å². The van der Waals surface area contributed by atoms with Crippen LogP contribution in [0.5, 0.6) is 0 Å². The lowest BCUT2D eigenvalue weighted by Crippen LogP contribution is -2.04. The molecule has 0 N–H and O–H groups in total. The van der Waals surface area contributed by atoms with Gasteiger partial charge in [-0.15, -0.1) is 11.6 Å². The molecule has 0 atom stereocenters. The minimum Gasteiger partial charge on any atom is -0.322 e. The number of rotatable bonds is 3. The molecule has 0 aliphatic heterocycles. The average molecular weight is 293 g/mol. The van der Waals surface area contributed by atoms with Crippen LogP contribution >= 0.6 is 11.6 Å². The smallest absolute Gasteiger partial charge is 0.125 e. The van der Waals surface area contributed by atoms with Crippen molar-refractivity contribution in [1.29, 1.82) is 0 Å². The van der Waals surface area contributed by atoms with Gasteiger partial charge in [0.2, 0.25) is 0 Å². The predicted octanol–water partition coefficient (Wildman–Crippen LogP) is 3.00. The molecule has 104 valence electrons. The molecule has 0 saturated carbocycles. The molecule has 3 rings (SSSR count). The summed E-state index contributed by atoms with van der Waals surface area (Å²) in [5.41, 5.74) is 3.58. The van der Waals surface area contributed by atoms with Gasteiger partial charge >= 0.3 is 0 Å². The second kappa shape index (κ2) is 4.90. The van der Waals surface area contributed by atoms with Crippen LogP contribution in [0.1, 0.15) is 17.1 Å². The van der Waals surface area contributed by atoms with E-state index in [1.807, 2.05) is 24.7 Å². The summed E-state index contributed by atoms with van der Waals surface area (Å²) in [4.78, 5) is 4.39. The Bertz CT molecular complexity index is 775. The number of benzene rings is 1. The van der Waals surface area contributed by atoms with Gasteiger partial charge in [-0.2, -0.15) is 5.10 Å². The van der Waals surface area contributed by atoms with Crippen molar-refractivity contribution in [2.45, 2.75) is 19.3 Å². The lowest BCUT2D eigenvalue weighted by Gasteiger charge is -2.06. The summed E-state index contributed by atoms with van der Waals surface area (Å²) in [6.07, 6.45) is 1.97. The summed E-state index contributed by atoms with van der Waals surface area (Å²) < 4.78 is 17.1. The second-order valence-corrected chi connectivity index (χ2v) is 5.06. The van der Waals surface area contributed by atoms with Gasteiger partial charge in [-0.25, -0.2) is 9.37 Å². The maximum atomic E-state index is 13.3. The molecule has 0 fully saturated rings. The lowest BCUT2D eigenvalue weighted by atomic mass is 10.2. The van der Waals surface area contributed by atoms with Crippen LogP contribution in [0.25, 0.3) is 11.0 Å². The molecular weight excluding hydrogens is 279 g/mol. The largest absolute Gasteiger partial charge is 0.322 e. The molecular formula is C14H14ClFN4. The molecule has 2 heterocycles. The highest BCUT2D eigenvalue weighted by Crippen LogP contribution is 2.21. The quantitative estimate of drug-likeness (QED) is 0.696. The predicted molar refractivity (Wildman–Crippen MR) is 76.3 cm³/mol. The monoisotopic (exact) mass is 292 g/mol. The Morgan fingerprint density at radius 2 is 2.15 bits per heavy atom. The minimum atomic E-state index is -0.291. The molecule has 0 radical (unpaired) electrons. The van der Waals surface area contributed by atoms with Gasteiger partial charge in [-0.1, -0.05) is 0 Å². The molecule has 20 heavy (non-hydrogen) atoms. The van der Waals surface area contributed by atoms with Crippen LogP contribution < -0.4 is 0 Å². The van der Waals surface area contributed by atoms with E-state index in [2.05, 4.69) is 10.1 Å². The molecule has 4 nitrogen and oxygen atoms in total. The second-order valence-electron chi connectivity index (χ2n) is 4.79. The van der Waals surface area contributed by atoms with Crippen molar-refractivity contribution in [2.75, 3.05) is 0 Å². The Hall–Kier alpha value is -1.88. The highest BCUT2D eigenvalue weighted by atomic mass is 35.5. The zero-order chi connectivity index (χ0) is 14.3. The Kier molecular flexibility index (Phi) is 3.22. The fraction of sp³-hybridized carbons (Fsp3) is 0.286. The molecule has 2 aromatic heterocycles. The maximum Gasteiger partial charge on any atom is 0.125 e. The zero-order valence-electron chi connectivity index (χ0n) is 11.3. The van der Waals surface area contributed by atoms with Crippen LogP contribution in [0.2, 0.25) is 0 Å². The lowest BCUT2D eigenvalue weighted by molar-refractivity contribution is 0.629. The number of fused-ring (bicyclic) bond motifs is 1. The Balaban J connectivity index is 2.12. The van der Waals surface area contributed by atoms with Crippen LogP contribution in [0, 0.1) is 12.7 Å². The van der Waals surface area contributed by atoms with Gasteiger partial charge in [-0.3, -0.25) is 4.68 Å². The highest BCUT2D eigenvalue weighted by molar-refractivity contribution is 6.16. The molecule has 0 saturated heterocycles. The standard InChI is InChI=1S/C14H14ClFN4/c1-9-10(7-19(2)18-9)8-20-13-4-3-11(16)5-12(13)17-14(20)6-15/h3-5,7H,6,8H2,1-2H3. The summed E-state index contributed by atoms with van der Waals surface area (Å²) >= 11 is 5.96. The first kappa shape index (κ1) is 13.1. The molecule has 0 aliphatic carbocycles. The summed E-state index contributed by atoms with van der Waals surface area (Å²) in [5.74, 6) is 0.728. The van der Waals surface area contributed by atoms with Crippen LogP contribution in [0.4, 0.5) is 4.39 Å². The van der Waals surface area contributed by atoms with E-state index in [4.69, 9.17) is 11.6 Å². The topological polar surface area (TPSA) is 35.6 Å². The van der Waals surface area contributed by atoms with E-state index in [1.54, 1.807) is 10.7 Å². The van der Waals surface area contributed by atoms with Crippen molar-refractivity contribution in [3.8, 4) is 0 Å². The van der Waals surface area contributed by atoms with E-state index in [0.29, 0.717) is 12.1 Å². The van der Waals surface area contributed by atoms with Gasteiger partial charge in [0, 0.05) is 24.9 Å². The molecule has 6 heteroatoms. The van der Waals surface area contributed by atoms with Crippen molar-refractivity contribution in [3.05, 3.63) is 47.3 Å². The third-order valence-corrected chi connectivity index (χ3v) is 3.59. The van der Waals surface area contributed by atoms with Gasteiger partial charge in [0.05, 0.1) is 29.2 Å². The van der Waals surface area contributed by atoms with Crippen molar-refractivity contribution in [3.63, 3.8) is 0 Å². The van der Waals surface area contributed by atoms with Crippen LogP contribution in [-0.2, 0) is 19.5 Å². The van der Waals surface area contributed by atoms with Gasteiger partial charge in [0.15, 0.2) is 0 Å². The highest BCUT2D eigenvalue weighted by Gasteiger charge is 2.13. The average Bonchev–Trinajstić information content (AvgIpc) is 2.90. The number of aromatic nitrogens is 4. The molecule has 1 aromatic carbocycles. The molecule has 3 aromatic rings. The number of hydrogen-bond acceptors (Lipinski definition) is 2. The van der Waals surface area contributed by atoms with Crippen LogP contribution in [-0.4, -0.2) is 19.3 Å². The van der Waals surface area contributed by atoms with E-state index < -0.39 is 0 Å². The molecule has 0 unspecified atom stereocenters. The fourth-order valence-electron chi connectivity index (χ4n) is 2.41. The van der Waals surface area contributed by atoms with Gasteiger partial charge in [-0.05, 0) is 19.1 Å². The van der Waals surface area contributed by atoms with Crippen molar-refractivity contribution >= 4 is 22.6 Å². The normalized spacial score (nSPS) is 11.4. The van der Waals surface area contributed by atoms with Gasteiger partial charge in [0.25, 0.3) is 0 Å². The number of alkyl halides is 1. The number of aryl methyl sites for hydroxylation is 2. The van der Waals surface area contributed by atoms with Gasteiger partial charge in [0.1, 0.15) is 11.6 Å². The number of imidazole rings is 1. The third kappa shape index (κ3) is 2.18. The van der Waals surface area contributed by atoms with E-state index in [-0.39, 0.29) is 11.7 Å². The maximum absolute atomic E-state index is 13.3. The molecule has 0 bridgehead atoms. The van der Waals surface area contributed by atoms with E-state index in [1.165, 1.54) is 12.1 Å². The summed E-state index contributed by atoms with van der Waals surface area (Å²) in [7, 11) is 1.89. The van der Waals surface area contributed by atoms with E-state index >= 15 is 0 Å². The number of halogens is 2. The first-order valence-corrected chi connectivity index (χ1v) is 6.81. The number of hydrogen-bond donors (Lipinski definition) is 0. The number of nitrogens with zero attached hydrogens (tertiary/aromatic N) is 4. The third-order valence-electron chi connectivity index (χ3n) is 3.35. The van der Waals surface area contributed by atoms with Crippen molar-refractivity contribution < 1.29 is 4.39 Å². The Labute approximate surface area is 120 Å². The summed E-state index contributed by atoms with van der Waals surface area (Å²) in [6, 6.07) is 4.60. The first-order valence-electron chi connectivity index (χ1n) is 6.28. The molecule has 0 amide bonds. The minimum absolute atomic E-state index is 0.287. The summed E-state index contributed by atoms with van der Waals surface area (Å²) in [5, 5.41) is 4.33. The first-order chi connectivity index (χ1) is 9.58. The fourth-order valence-corrected chi connectivity index (χ4v) is 2.61. The van der Waals surface area contributed by atoms with Crippen LogP contribution in [0.3, 0.4) is 0 Å². The summed E-state index contributed by atoms with van der Waals surface area (Å²) in [6.45, 7) is 2.60. The van der Waals surface area contributed by atoms with Crippen LogP contribution in [0.15, 0.2) is 24.4 Å². The Morgan fingerprint density at radius 3 is 2.80 bits per heavy atom. The molecule has 0 aliphatic rings. The molecule has 0 spiro atoms. The van der Waals surface area contributed by atoms with Gasteiger partial charge < -0.3 is 4.57 Å². The van der Waals surface area contributed by atoms with E-state index in [0.717, 1.165) is 22.6 Å². The van der Waals surface area contributed by atoms with Crippen molar-refractivity contribution in [1.82, 2.24) is 19.3 Å². The zero-order valence-corrected chi connectivity index (χ0v) is 12.0.